The maximum Gasteiger partial charge on any atom is 0.318 e. The molecule has 0 spiro atoms. The van der Waals surface area contributed by atoms with Crippen LogP contribution in [0.1, 0.15) is 43.4 Å². The zero-order chi connectivity index (χ0) is 27.7. The van der Waals surface area contributed by atoms with Gasteiger partial charge in [0.15, 0.2) is 0 Å². The third-order valence-corrected chi connectivity index (χ3v) is 10.4. The summed E-state index contributed by atoms with van der Waals surface area (Å²) in [7, 11) is 0. The fourth-order valence-electron chi connectivity index (χ4n) is 8.09. The Morgan fingerprint density at radius 1 is 1.05 bits per heavy atom. The molecular formula is C31H35ClF2N6O. The number of fused-ring (bicyclic) bond motifs is 5. The Balaban J connectivity index is 1.15. The molecular weight excluding hydrogens is 546 g/mol. The number of halogens is 3. The van der Waals surface area contributed by atoms with E-state index < -0.39 is 12.0 Å². The third kappa shape index (κ3) is 4.43. The molecule has 1 aromatic heterocycles. The lowest BCUT2D eigenvalue weighted by Crippen LogP contribution is -2.52. The van der Waals surface area contributed by atoms with Crippen LogP contribution in [0.2, 0.25) is 5.02 Å². The summed E-state index contributed by atoms with van der Waals surface area (Å²) in [5.41, 5.74) is 2.74. The molecule has 0 saturated carbocycles. The van der Waals surface area contributed by atoms with Crippen LogP contribution in [0.3, 0.4) is 0 Å². The molecule has 2 bridgehead atoms. The van der Waals surface area contributed by atoms with Gasteiger partial charge in [0.2, 0.25) is 0 Å². The maximum absolute atomic E-state index is 14.5. The highest BCUT2D eigenvalue weighted by Gasteiger charge is 2.49. The predicted octanol–water partition coefficient (Wildman–Crippen LogP) is 4.88. The molecule has 5 aliphatic rings. The third-order valence-electron chi connectivity index (χ3n) is 10.0. The lowest BCUT2D eigenvalue weighted by Gasteiger charge is -2.38. The van der Waals surface area contributed by atoms with Crippen LogP contribution in [-0.4, -0.2) is 78.0 Å². The van der Waals surface area contributed by atoms with Crippen LogP contribution < -0.4 is 19.9 Å². The van der Waals surface area contributed by atoms with E-state index in [0.717, 1.165) is 79.0 Å². The molecule has 4 fully saturated rings. The number of benzene rings is 2. The molecule has 4 saturated heterocycles. The number of rotatable bonds is 5. The largest absolute Gasteiger partial charge is 0.461 e. The quantitative estimate of drug-likeness (QED) is 0.462. The monoisotopic (exact) mass is 580 g/mol. The Kier molecular flexibility index (Phi) is 6.27. The van der Waals surface area contributed by atoms with E-state index in [4.69, 9.17) is 26.3 Å². The van der Waals surface area contributed by atoms with Crippen molar-refractivity contribution in [2.45, 2.75) is 68.9 Å². The Morgan fingerprint density at radius 2 is 1.90 bits per heavy atom. The zero-order valence-corrected chi connectivity index (χ0v) is 23.8. The van der Waals surface area contributed by atoms with E-state index in [1.165, 1.54) is 18.9 Å². The van der Waals surface area contributed by atoms with E-state index in [1.54, 1.807) is 6.07 Å². The van der Waals surface area contributed by atoms with Gasteiger partial charge in [-0.25, -0.2) is 8.78 Å². The van der Waals surface area contributed by atoms with Gasteiger partial charge >= 0.3 is 6.01 Å². The fourth-order valence-corrected chi connectivity index (χ4v) is 8.36. The molecule has 8 rings (SSSR count). The van der Waals surface area contributed by atoms with Crippen molar-refractivity contribution in [1.82, 2.24) is 20.2 Å². The smallest absolute Gasteiger partial charge is 0.318 e. The van der Waals surface area contributed by atoms with Crippen molar-refractivity contribution >= 4 is 33.9 Å². The van der Waals surface area contributed by atoms with Crippen molar-refractivity contribution in [2.24, 2.45) is 0 Å². The van der Waals surface area contributed by atoms with Crippen LogP contribution in [0, 0.1) is 5.82 Å². The molecule has 4 atom stereocenters. The Hall–Kier alpha value is -2.75. The Labute approximate surface area is 243 Å². The van der Waals surface area contributed by atoms with E-state index in [2.05, 4.69) is 20.0 Å². The van der Waals surface area contributed by atoms with Gasteiger partial charge < -0.3 is 19.9 Å². The Morgan fingerprint density at radius 3 is 2.76 bits per heavy atom. The number of aromatic nitrogens is 2. The van der Waals surface area contributed by atoms with E-state index in [0.29, 0.717) is 44.2 Å². The molecule has 6 heterocycles. The van der Waals surface area contributed by atoms with Crippen molar-refractivity contribution in [3.05, 3.63) is 52.4 Å². The highest BCUT2D eigenvalue weighted by atomic mass is 35.5. The minimum atomic E-state index is -0.804. The molecule has 0 radical (unpaired) electrons. The van der Waals surface area contributed by atoms with Gasteiger partial charge in [-0.15, -0.1) is 0 Å². The maximum atomic E-state index is 14.5. The number of nitrogens with one attached hydrogen (secondary N) is 1. The number of alkyl halides is 1. The first kappa shape index (κ1) is 25.9. The van der Waals surface area contributed by atoms with Crippen LogP contribution in [-0.2, 0) is 13.0 Å². The fraction of sp³-hybridized carbons (Fsp3) is 0.548. The second kappa shape index (κ2) is 9.92. The van der Waals surface area contributed by atoms with Gasteiger partial charge in [-0.3, -0.25) is 4.90 Å². The standard InChI is InChI=1S/C31H35ClF2N6O/c32-28-24(34)8-5-19-3-1-4-26(27(19)28)38-12-9-23-25(17-38)36-30(37-29(23)39-15-21-6-7-22(16-39)35-21)41-18-31-10-2-11-40(31)14-20(33)13-31/h1,3-5,8,20-22,35H,2,6-7,9-18H2. The SMILES string of the molecule is Fc1ccc2cccc(N3CCc4c(nc(OCC56CCCN5CC(F)C6)nc4N4CC5CCC(C4)N5)C3)c2c1Cl. The number of nitrogens with zero attached hydrogens (tertiary/aromatic N) is 5. The summed E-state index contributed by atoms with van der Waals surface area (Å²) in [6.07, 6.45) is 4.87. The van der Waals surface area contributed by atoms with Crippen molar-refractivity contribution in [2.75, 3.05) is 49.1 Å². The normalized spacial score (nSPS) is 29.3. The molecule has 5 aliphatic heterocycles. The lowest BCUT2D eigenvalue weighted by atomic mass is 9.95. The van der Waals surface area contributed by atoms with Gasteiger partial charge in [0, 0.05) is 61.3 Å². The van der Waals surface area contributed by atoms with Gasteiger partial charge in [-0.05, 0) is 56.2 Å². The average Bonchev–Trinajstić information content (AvgIpc) is 3.63. The summed E-state index contributed by atoms with van der Waals surface area (Å²) >= 11 is 6.50. The number of ether oxygens (including phenoxy) is 1. The first-order valence-corrected chi connectivity index (χ1v) is 15.4. The van der Waals surface area contributed by atoms with Crippen LogP contribution in [0.5, 0.6) is 6.01 Å². The molecule has 41 heavy (non-hydrogen) atoms. The van der Waals surface area contributed by atoms with E-state index in [9.17, 15) is 8.78 Å². The van der Waals surface area contributed by atoms with Gasteiger partial charge in [-0.1, -0.05) is 29.8 Å². The predicted molar refractivity (Wildman–Crippen MR) is 156 cm³/mol. The zero-order valence-electron chi connectivity index (χ0n) is 23.1. The van der Waals surface area contributed by atoms with Crippen molar-refractivity contribution in [1.29, 1.82) is 0 Å². The minimum Gasteiger partial charge on any atom is -0.461 e. The molecule has 2 aromatic carbocycles. The van der Waals surface area contributed by atoms with Crippen molar-refractivity contribution in [3.8, 4) is 6.01 Å². The summed E-state index contributed by atoms with van der Waals surface area (Å²) in [5.74, 6) is 0.557. The van der Waals surface area contributed by atoms with Gasteiger partial charge in [0.1, 0.15) is 24.4 Å². The molecule has 3 aromatic rings. The first-order valence-electron chi connectivity index (χ1n) is 15.0. The second-order valence-corrected chi connectivity index (χ2v) is 12.9. The van der Waals surface area contributed by atoms with Gasteiger partial charge in [-0.2, -0.15) is 9.97 Å². The molecule has 0 amide bonds. The van der Waals surface area contributed by atoms with E-state index in [1.807, 2.05) is 18.2 Å². The minimum absolute atomic E-state index is 0.149. The number of piperazine rings is 1. The topological polar surface area (TPSA) is 56.8 Å². The summed E-state index contributed by atoms with van der Waals surface area (Å²) in [4.78, 5) is 16.9. The van der Waals surface area contributed by atoms with Crippen molar-refractivity contribution in [3.63, 3.8) is 0 Å². The molecule has 0 aliphatic carbocycles. The summed E-state index contributed by atoms with van der Waals surface area (Å²) in [6, 6.07) is 10.5. The molecule has 10 heteroatoms. The second-order valence-electron chi connectivity index (χ2n) is 12.6. The summed E-state index contributed by atoms with van der Waals surface area (Å²) in [6.45, 7) is 4.96. The van der Waals surface area contributed by atoms with Gasteiger partial charge in [0.05, 0.1) is 22.8 Å². The highest BCUT2D eigenvalue weighted by Crippen LogP contribution is 2.41. The van der Waals surface area contributed by atoms with Crippen LogP contribution >= 0.6 is 11.6 Å². The summed E-state index contributed by atoms with van der Waals surface area (Å²) in [5, 5.41) is 5.51. The molecule has 1 N–H and O–H groups in total. The summed E-state index contributed by atoms with van der Waals surface area (Å²) < 4.78 is 35.3. The molecule has 7 nitrogen and oxygen atoms in total. The number of hydrogen-bond donors (Lipinski definition) is 1. The number of anilines is 2. The lowest BCUT2D eigenvalue weighted by molar-refractivity contribution is 0.107. The molecule has 216 valence electrons. The number of hydrogen-bond acceptors (Lipinski definition) is 7. The first-order chi connectivity index (χ1) is 20.0. The molecule has 4 unspecified atom stereocenters. The van der Waals surface area contributed by atoms with Crippen molar-refractivity contribution < 1.29 is 13.5 Å². The van der Waals surface area contributed by atoms with E-state index in [-0.39, 0.29) is 10.6 Å². The highest BCUT2D eigenvalue weighted by molar-refractivity contribution is 6.36. The Bertz CT molecular complexity index is 1500. The van der Waals surface area contributed by atoms with Crippen LogP contribution in [0.15, 0.2) is 30.3 Å². The van der Waals surface area contributed by atoms with Crippen LogP contribution in [0.25, 0.3) is 10.8 Å². The van der Waals surface area contributed by atoms with E-state index >= 15 is 0 Å². The van der Waals surface area contributed by atoms with Crippen LogP contribution in [0.4, 0.5) is 20.3 Å². The average molecular weight is 581 g/mol. The van der Waals surface area contributed by atoms with Gasteiger partial charge in [0.25, 0.3) is 0 Å².